The van der Waals surface area contributed by atoms with Gasteiger partial charge in [-0.3, -0.25) is 4.79 Å². The van der Waals surface area contributed by atoms with Crippen molar-refractivity contribution in [3.8, 4) is 0 Å². The summed E-state index contributed by atoms with van der Waals surface area (Å²) in [5.74, 6) is 0.827. The van der Waals surface area contributed by atoms with Crippen LogP contribution in [0.5, 0.6) is 0 Å². The third-order valence-corrected chi connectivity index (χ3v) is 5.48. The summed E-state index contributed by atoms with van der Waals surface area (Å²) in [6.07, 6.45) is 4.20. The molecule has 0 amide bonds. The van der Waals surface area contributed by atoms with Crippen LogP contribution in [0.4, 0.5) is 0 Å². The highest BCUT2D eigenvalue weighted by atomic mass is 35.5. The third-order valence-electron chi connectivity index (χ3n) is 5.48. The molecule has 3 aromatic rings. The average molecular weight is 411 g/mol. The van der Waals surface area contributed by atoms with E-state index in [0.29, 0.717) is 13.0 Å². The van der Waals surface area contributed by atoms with Crippen molar-refractivity contribution in [3.63, 3.8) is 0 Å². The van der Waals surface area contributed by atoms with E-state index in [-0.39, 0.29) is 29.9 Å². The minimum atomic E-state index is -0.768. The fourth-order valence-electron chi connectivity index (χ4n) is 4.22. The van der Waals surface area contributed by atoms with Crippen molar-refractivity contribution in [2.45, 2.75) is 50.7 Å². The van der Waals surface area contributed by atoms with Crippen LogP contribution in [0, 0.1) is 0 Å². The Morgan fingerprint density at radius 3 is 2.10 bits per heavy atom. The van der Waals surface area contributed by atoms with Gasteiger partial charge in [0.1, 0.15) is 17.3 Å². The molecule has 5 heteroatoms. The molecular formula is C24H27ClN2O2. The summed E-state index contributed by atoms with van der Waals surface area (Å²) in [7, 11) is 0. The average Bonchev–Trinajstić information content (AvgIpc) is 3.28. The van der Waals surface area contributed by atoms with Gasteiger partial charge >= 0.3 is 5.97 Å². The number of carbonyl (C=O) groups excluding carboxylic acids is 1. The second kappa shape index (κ2) is 8.03. The summed E-state index contributed by atoms with van der Waals surface area (Å²) in [5.41, 5.74) is 1.13. The fraction of sp³-hybridized carbons (Fsp3) is 0.333. The van der Waals surface area contributed by atoms with Crippen molar-refractivity contribution in [2.75, 3.05) is 0 Å². The molecule has 0 N–H and O–H groups in total. The number of nitrogens with zero attached hydrogens (tertiary/aromatic N) is 2. The lowest BCUT2D eigenvalue weighted by Gasteiger charge is -2.26. The topological polar surface area (TPSA) is 44.1 Å². The number of hydrogen-bond acceptors (Lipinski definition) is 3. The third kappa shape index (κ3) is 3.82. The Balaban J connectivity index is 0.00000240. The van der Waals surface area contributed by atoms with Crippen LogP contribution in [0.25, 0.3) is 0 Å². The Bertz CT molecular complexity index is 922. The molecule has 29 heavy (non-hydrogen) atoms. The van der Waals surface area contributed by atoms with Crippen molar-refractivity contribution in [1.29, 1.82) is 0 Å². The number of cyclic esters (lactones) is 1. The van der Waals surface area contributed by atoms with Gasteiger partial charge in [0, 0.05) is 24.2 Å². The summed E-state index contributed by atoms with van der Waals surface area (Å²) in [5, 5.41) is 0. The Morgan fingerprint density at radius 2 is 1.59 bits per heavy atom. The molecule has 4 nitrogen and oxygen atoms in total. The smallest absolute Gasteiger partial charge is 0.321 e. The molecule has 152 valence electrons. The van der Waals surface area contributed by atoms with Crippen LogP contribution in [0.3, 0.4) is 0 Å². The van der Waals surface area contributed by atoms with Crippen LogP contribution >= 0.6 is 12.4 Å². The second-order valence-electron chi connectivity index (χ2n) is 8.52. The molecule has 1 aromatic heterocycles. The first-order chi connectivity index (χ1) is 13.4. The summed E-state index contributed by atoms with van der Waals surface area (Å²) in [6.45, 7) is 7.04. The van der Waals surface area contributed by atoms with Gasteiger partial charge in [0.05, 0.1) is 6.54 Å². The Morgan fingerprint density at radius 1 is 1.03 bits per heavy atom. The van der Waals surface area contributed by atoms with E-state index in [1.807, 2.05) is 73.1 Å². The van der Waals surface area contributed by atoms with Crippen molar-refractivity contribution < 1.29 is 9.53 Å². The van der Waals surface area contributed by atoms with Gasteiger partial charge in [-0.15, -0.1) is 12.4 Å². The minimum absolute atomic E-state index is 0. The maximum Gasteiger partial charge on any atom is 0.321 e. The summed E-state index contributed by atoms with van der Waals surface area (Å²) < 4.78 is 8.05. The molecule has 0 spiro atoms. The molecule has 2 heterocycles. The van der Waals surface area contributed by atoms with Gasteiger partial charge in [0.2, 0.25) is 0 Å². The molecule has 1 atom stereocenters. The van der Waals surface area contributed by atoms with E-state index in [1.165, 1.54) is 0 Å². The molecule has 4 rings (SSSR count). The Labute approximate surface area is 178 Å². The van der Waals surface area contributed by atoms with Crippen LogP contribution < -0.4 is 0 Å². The molecule has 1 unspecified atom stereocenters. The minimum Gasteiger partial charge on any atom is -0.459 e. The first-order valence-corrected chi connectivity index (χ1v) is 9.75. The van der Waals surface area contributed by atoms with Crippen molar-refractivity contribution in [2.24, 2.45) is 0 Å². The van der Waals surface area contributed by atoms with E-state index >= 15 is 0 Å². The molecule has 1 aliphatic heterocycles. The van der Waals surface area contributed by atoms with Crippen molar-refractivity contribution in [1.82, 2.24) is 9.55 Å². The Kier molecular flexibility index (Phi) is 5.85. The normalized spacial score (nSPS) is 18.2. The first kappa shape index (κ1) is 21.1. The molecule has 0 bridgehead atoms. The summed E-state index contributed by atoms with van der Waals surface area (Å²) >= 11 is 0. The van der Waals surface area contributed by atoms with Gasteiger partial charge in [0.15, 0.2) is 0 Å². The fourth-order valence-corrected chi connectivity index (χ4v) is 4.22. The molecular weight excluding hydrogens is 384 g/mol. The molecule has 0 saturated carbocycles. The van der Waals surface area contributed by atoms with Gasteiger partial charge in [0.25, 0.3) is 0 Å². The van der Waals surface area contributed by atoms with Gasteiger partial charge in [-0.2, -0.15) is 0 Å². The zero-order valence-corrected chi connectivity index (χ0v) is 17.9. The van der Waals surface area contributed by atoms with Gasteiger partial charge in [-0.1, -0.05) is 81.4 Å². The number of carbonyl (C=O) groups is 1. The lowest BCUT2D eigenvalue weighted by atomic mass is 9.72. The number of rotatable bonds is 4. The number of halogens is 1. The zero-order valence-electron chi connectivity index (χ0n) is 17.0. The standard InChI is InChI=1S/C24H26N2O2.ClH/c1-23(2,3)21-25-14-15-26(21)17-20-16-24(22(27)28-20,18-10-6-4-7-11-18)19-12-8-5-9-13-19;/h4-15,20H,16-17H2,1-3H3;1H. The SMILES string of the molecule is CC(C)(C)c1nccn1CC1CC(c2ccccc2)(c2ccccc2)C(=O)O1.Cl. The number of hydrogen-bond donors (Lipinski definition) is 0. The second-order valence-corrected chi connectivity index (χ2v) is 8.52. The van der Waals surface area contributed by atoms with Crippen LogP contribution in [-0.2, 0) is 26.9 Å². The van der Waals surface area contributed by atoms with Gasteiger partial charge in [-0.05, 0) is 11.1 Å². The molecule has 0 radical (unpaired) electrons. The highest BCUT2D eigenvalue weighted by Gasteiger charge is 2.51. The highest BCUT2D eigenvalue weighted by molar-refractivity contribution is 5.89. The van der Waals surface area contributed by atoms with Crippen molar-refractivity contribution in [3.05, 3.63) is 90.0 Å². The van der Waals surface area contributed by atoms with Crippen LogP contribution in [0.15, 0.2) is 73.1 Å². The largest absolute Gasteiger partial charge is 0.459 e. The number of imidazole rings is 1. The maximum absolute atomic E-state index is 13.3. The summed E-state index contributed by atoms with van der Waals surface area (Å²) in [4.78, 5) is 17.8. The van der Waals surface area contributed by atoms with Crippen molar-refractivity contribution >= 4 is 18.4 Å². The zero-order chi connectivity index (χ0) is 19.8. The lowest BCUT2D eigenvalue weighted by Crippen LogP contribution is -2.33. The van der Waals surface area contributed by atoms with Crippen LogP contribution in [0.1, 0.15) is 44.1 Å². The summed E-state index contributed by atoms with van der Waals surface area (Å²) in [6, 6.07) is 20.0. The molecule has 1 aliphatic rings. The van der Waals surface area contributed by atoms with E-state index in [9.17, 15) is 4.79 Å². The molecule has 1 saturated heterocycles. The molecule has 2 aromatic carbocycles. The Hall–Kier alpha value is -2.59. The quantitative estimate of drug-likeness (QED) is 0.574. The first-order valence-electron chi connectivity index (χ1n) is 9.75. The number of aromatic nitrogens is 2. The van der Waals surface area contributed by atoms with Crippen LogP contribution in [-0.4, -0.2) is 21.6 Å². The molecule has 0 aliphatic carbocycles. The van der Waals surface area contributed by atoms with E-state index in [1.54, 1.807) is 0 Å². The number of ether oxygens (including phenoxy) is 1. The predicted octanol–water partition coefficient (Wildman–Crippen LogP) is 4.90. The lowest BCUT2D eigenvalue weighted by molar-refractivity contribution is -0.145. The van der Waals surface area contributed by atoms with E-state index in [0.717, 1.165) is 17.0 Å². The van der Waals surface area contributed by atoms with E-state index < -0.39 is 5.41 Å². The van der Waals surface area contributed by atoms with Gasteiger partial charge in [-0.25, -0.2) is 4.98 Å². The molecule has 1 fully saturated rings. The maximum atomic E-state index is 13.3. The predicted molar refractivity (Wildman–Crippen MR) is 116 cm³/mol. The number of benzene rings is 2. The van der Waals surface area contributed by atoms with E-state index in [4.69, 9.17) is 4.74 Å². The van der Waals surface area contributed by atoms with Crippen LogP contribution in [0.2, 0.25) is 0 Å². The monoisotopic (exact) mass is 410 g/mol. The van der Waals surface area contributed by atoms with Gasteiger partial charge < -0.3 is 9.30 Å². The van der Waals surface area contributed by atoms with E-state index in [2.05, 4.69) is 30.3 Å². The highest BCUT2D eigenvalue weighted by Crippen LogP contribution is 2.43. The number of esters is 1.